The Labute approximate surface area is 238 Å². The summed E-state index contributed by atoms with van der Waals surface area (Å²) in [5.74, 6) is -2.24. The fourth-order valence-electron chi connectivity index (χ4n) is 5.90. The van der Waals surface area contributed by atoms with Crippen LogP contribution in [0, 0.1) is 5.92 Å². The van der Waals surface area contributed by atoms with Crippen LogP contribution < -0.4 is 10.6 Å². The molecule has 2 aliphatic heterocycles. The number of rotatable bonds is 8. The van der Waals surface area contributed by atoms with Gasteiger partial charge in [0.25, 0.3) is 5.92 Å². The van der Waals surface area contributed by atoms with Crippen molar-refractivity contribution >= 4 is 42.7 Å². The number of aliphatic imine (C=N–C) groups is 1. The number of carbonyl (C=O) groups is 1. The number of aliphatic carboxylic acids is 1. The van der Waals surface area contributed by atoms with Gasteiger partial charge >= 0.3 is 5.97 Å². The lowest BCUT2D eigenvalue weighted by molar-refractivity contribution is -0.138. The molecule has 4 aliphatic rings. The van der Waals surface area contributed by atoms with Crippen molar-refractivity contribution in [1.82, 2.24) is 10.6 Å². The summed E-state index contributed by atoms with van der Waals surface area (Å²) in [7, 11) is 0. The number of halogens is 3. The highest BCUT2D eigenvalue weighted by atomic mass is 127. The van der Waals surface area contributed by atoms with Crippen molar-refractivity contribution in [2.75, 3.05) is 6.54 Å². The van der Waals surface area contributed by atoms with Crippen LogP contribution in [0.4, 0.5) is 8.78 Å². The molecule has 8 heteroatoms. The molecular formula is C31H34F2IN3O2. The van der Waals surface area contributed by atoms with E-state index in [9.17, 15) is 13.6 Å². The predicted octanol–water partition coefficient (Wildman–Crippen LogP) is 6.48. The molecule has 2 heterocycles. The maximum atomic E-state index is 14.1. The molecule has 1 aromatic rings. The van der Waals surface area contributed by atoms with Crippen molar-refractivity contribution < 1.29 is 18.7 Å². The van der Waals surface area contributed by atoms with E-state index in [1.54, 1.807) is 12.2 Å². The van der Waals surface area contributed by atoms with Crippen LogP contribution in [0.2, 0.25) is 0 Å². The predicted molar refractivity (Wildman–Crippen MR) is 163 cm³/mol. The molecule has 5 nitrogen and oxygen atoms in total. The van der Waals surface area contributed by atoms with Crippen molar-refractivity contribution in [2.45, 2.75) is 62.4 Å². The van der Waals surface area contributed by atoms with Crippen LogP contribution in [0.5, 0.6) is 0 Å². The summed E-state index contributed by atoms with van der Waals surface area (Å²) >= 11 is -0.492. The molecular weight excluding hydrogens is 611 g/mol. The van der Waals surface area contributed by atoms with E-state index in [2.05, 4.69) is 52.1 Å². The summed E-state index contributed by atoms with van der Waals surface area (Å²) in [6.07, 6.45) is 13.0. The normalized spacial score (nSPS) is 26.9. The van der Waals surface area contributed by atoms with Gasteiger partial charge in [0.1, 0.15) is 5.84 Å². The minimum Gasteiger partial charge on any atom is -0.481 e. The molecule has 3 N–H and O–H groups in total. The Hall–Kier alpha value is -2.88. The summed E-state index contributed by atoms with van der Waals surface area (Å²) in [5.41, 5.74) is 4.48. The minimum absolute atomic E-state index is 0.0576. The molecule has 0 bridgehead atoms. The Morgan fingerprint density at radius 2 is 2.00 bits per heavy atom. The first-order valence-electron chi connectivity index (χ1n) is 13.4. The fourth-order valence-corrected chi connectivity index (χ4v) is 7.34. The average Bonchev–Trinajstić information content (AvgIpc) is 3.24. The molecule has 0 amide bonds. The molecule has 206 valence electrons. The summed E-state index contributed by atoms with van der Waals surface area (Å²) in [6, 6.07) is 8.23. The van der Waals surface area contributed by atoms with Gasteiger partial charge in [-0.25, -0.2) is 0 Å². The number of hydrogen-bond acceptors (Lipinski definition) is 4. The third-order valence-electron chi connectivity index (χ3n) is 8.11. The molecule has 0 spiro atoms. The van der Waals surface area contributed by atoms with Crippen molar-refractivity contribution in [3.05, 3.63) is 87.1 Å². The largest absolute Gasteiger partial charge is 0.481 e. The van der Waals surface area contributed by atoms with E-state index >= 15 is 0 Å². The number of fused-ring (bicyclic) bond motifs is 1. The van der Waals surface area contributed by atoms with Crippen molar-refractivity contribution in [2.24, 2.45) is 10.9 Å². The molecule has 1 saturated carbocycles. The summed E-state index contributed by atoms with van der Waals surface area (Å²) < 4.78 is 33.7. The smallest absolute Gasteiger partial charge is 0.303 e. The van der Waals surface area contributed by atoms with Crippen LogP contribution in [0.1, 0.15) is 55.6 Å². The van der Waals surface area contributed by atoms with Crippen LogP contribution in [0.3, 0.4) is 0 Å². The topological polar surface area (TPSA) is 73.7 Å². The quantitative estimate of drug-likeness (QED) is 0.172. The molecule has 0 saturated heterocycles. The number of dihydropyridines is 1. The number of nitrogens with one attached hydrogen (secondary N) is 2. The Bertz CT molecular complexity index is 1310. The Morgan fingerprint density at radius 1 is 1.21 bits per heavy atom. The zero-order valence-corrected chi connectivity index (χ0v) is 24.0. The number of amidine groups is 1. The van der Waals surface area contributed by atoms with Crippen molar-refractivity contribution in [1.29, 1.82) is 0 Å². The van der Waals surface area contributed by atoms with E-state index in [1.807, 2.05) is 0 Å². The number of carboxylic acids is 1. The number of allylic oxidation sites excluding steroid dienone is 5. The summed E-state index contributed by atoms with van der Waals surface area (Å²) in [5, 5.41) is 16.0. The van der Waals surface area contributed by atoms with Gasteiger partial charge in [-0.15, -0.1) is 0 Å². The molecule has 5 rings (SSSR count). The van der Waals surface area contributed by atoms with Gasteiger partial charge in [0.15, 0.2) is 0 Å². The maximum Gasteiger partial charge on any atom is 0.303 e. The Balaban J connectivity index is 1.29. The van der Waals surface area contributed by atoms with E-state index in [0.717, 1.165) is 54.8 Å². The van der Waals surface area contributed by atoms with Crippen LogP contribution in [0.15, 0.2) is 80.9 Å². The first-order chi connectivity index (χ1) is 18.8. The van der Waals surface area contributed by atoms with Crippen molar-refractivity contribution in [3.63, 3.8) is 0 Å². The standard InChI is InChI=1S/C31H34F2IN3O2/c1-3-31(32,33)23-13-14-26-28(16-23)37-30(36-26)24-18-35-27(17-25(24)34-2)22-11-9-21(10-12-22)20-6-4-5-19(7-8-20)15-29(38)39/h3,9-14,16-17,19-20,26,28,35H,1-2,4-8,15,18H2,(H,36,37)(H,38,39). The molecule has 0 radical (unpaired) electrons. The number of alkyl halides is 2. The number of hydrogen-bond donors (Lipinski definition) is 3. The molecule has 1 fully saturated rings. The van der Waals surface area contributed by atoms with Gasteiger partial charge in [-0.3, -0.25) is 9.79 Å². The van der Waals surface area contributed by atoms with Crippen LogP contribution in [-0.4, -0.2) is 46.0 Å². The fraction of sp³-hybridized carbons (Fsp3) is 0.387. The highest BCUT2D eigenvalue weighted by Gasteiger charge is 2.36. The van der Waals surface area contributed by atoms with Gasteiger partial charge in [0.2, 0.25) is 0 Å². The van der Waals surface area contributed by atoms with Gasteiger partial charge in [0.05, 0.1) is 12.1 Å². The first kappa shape index (κ1) is 27.7. The van der Waals surface area contributed by atoms with E-state index in [-0.39, 0.29) is 24.1 Å². The molecule has 1 aromatic carbocycles. The zero-order chi connectivity index (χ0) is 27.6. The van der Waals surface area contributed by atoms with E-state index in [1.165, 1.54) is 15.2 Å². The van der Waals surface area contributed by atoms with Crippen LogP contribution >= 0.6 is 20.7 Å². The van der Waals surface area contributed by atoms with Crippen LogP contribution in [-0.2, 0) is 4.79 Å². The van der Waals surface area contributed by atoms with Crippen LogP contribution in [0.25, 0.3) is 5.70 Å². The van der Waals surface area contributed by atoms with Gasteiger partial charge in [0, 0.05) is 33.4 Å². The lowest BCUT2D eigenvalue weighted by Gasteiger charge is -2.23. The molecule has 4 atom stereocenters. The van der Waals surface area contributed by atoms with Crippen molar-refractivity contribution in [3.8, 4) is 0 Å². The highest BCUT2D eigenvalue weighted by molar-refractivity contribution is 14.2. The number of nitrogens with zero attached hydrogens (tertiary/aromatic N) is 1. The third-order valence-corrected chi connectivity index (χ3v) is 9.90. The lowest BCUT2D eigenvalue weighted by atomic mass is 9.90. The lowest BCUT2D eigenvalue weighted by Crippen LogP contribution is -2.37. The van der Waals surface area contributed by atoms with E-state index < -0.39 is 32.6 Å². The van der Waals surface area contributed by atoms with Gasteiger partial charge in [-0.05, 0) is 60.8 Å². The molecule has 4 unspecified atom stereocenters. The van der Waals surface area contributed by atoms with E-state index in [4.69, 9.17) is 10.1 Å². The van der Waals surface area contributed by atoms with Gasteiger partial charge in [-0.2, -0.15) is 8.78 Å². The maximum absolute atomic E-state index is 14.1. The second-order valence-corrected chi connectivity index (χ2v) is 12.5. The number of carboxylic acid groups (broad SMARTS) is 1. The van der Waals surface area contributed by atoms with Gasteiger partial charge < -0.3 is 15.7 Å². The van der Waals surface area contributed by atoms with E-state index in [0.29, 0.717) is 24.5 Å². The Morgan fingerprint density at radius 3 is 2.72 bits per heavy atom. The van der Waals surface area contributed by atoms with Gasteiger partial charge in [-0.1, -0.05) is 80.7 Å². The second kappa shape index (κ2) is 11.7. The molecule has 2 aliphatic carbocycles. The molecule has 0 aromatic heterocycles. The second-order valence-electron chi connectivity index (χ2n) is 10.6. The minimum atomic E-state index is -3.06. The molecule has 39 heavy (non-hydrogen) atoms. The Kier molecular flexibility index (Phi) is 8.30. The highest BCUT2D eigenvalue weighted by Crippen LogP contribution is 2.37. The summed E-state index contributed by atoms with van der Waals surface area (Å²) in [6.45, 7) is 3.86. The average molecular weight is 646 g/mol. The SMILES string of the molecule is C=CC(F)(F)C1=CC2NC(C3=C(I=C)C=C(c4ccc(C5CCCC(CC(=O)O)CC5)cc4)NC3)=NC2C=C1. The zero-order valence-electron chi connectivity index (χ0n) is 21.8. The first-order valence-corrected chi connectivity index (χ1v) is 16.0. The monoisotopic (exact) mass is 645 g/mol. The third kappa shape index (κ3) is 6.15. The summed E-state index contributed by atoms with van der Waals surface area (Å²) in [4.78, 5) is 15.9. The number of benzene rings is 1.